The van der Waals surface area contributed by atoms with E-state index < -0.39 is 77.3 Å². The Labute approximate surface area is 340 Å². The molecular weight excluding hydrogens is 863 g/mol. The number of hydrogen-bond donors (Lipinski definition) is 5. The van der Waals surface area contributed by atoms with E-state index in [9.17, 15) is 52.3 Å². The average Bonchev–Trinajstić information content (AvgIpc) is 3.14. The lowest BCUT2D eigenvalue weighted by molar-refractivity contribution is -0.385. The van der Waals surface area contributed by atoms with Crippen molar-refractivity contribution in [3.05, 3.63) is 120 Å². The standard InChI is InChI=1S/C19H15ClF3NO7.C12H9ClN2O3.C3H8NO5P/c1-3-29-17(25)10(2)30-18(26)13-9-12(5-6-15(13)24(27)28)31-16-7-4-11(8-14(16)20)19(21,22)23;13-11-10(18-8-4-2-1-3-5-8)7-6-9(12(11)14)15(16)17;5-3(6)1-4-2-10(7,8)9/h4-10H,3H2,1-2H3;1-7H,14H2;4H,1-2H2,(H,5,6)(H2,7,8,9). The molecule has 0 saturated heterocycles. The topological polar surface area (TPSA) is 290 Å². The summed E-state index contributed by atoms with van der Waals surface area (Å²) in [6.07, 6.45) is -6.54. The van der Waals surface area contributed by atoms with Crippen molar-refractivity contribution in [1.82, 2.24) is 5.32 Å². The zero-order valence-electron chi connectivity index (χ0n) is 30.3. The minimum Gasteiger partial charge on any atom is -0.480 e. The maximum absolute atomic E-state index is 12.8. The van der Waals surface area contributed by atoms with E-state index in [1.54, 1.807) is 31.2 Å². The molecule has 0 aliphatic carbocycles. The van der Waals surface area contributed by atoms with Crippen molar-refractivity contribution in [2.45, 2.75) is 26.1 Å². The van der Waals surface area contributed by atoms with Crippen LogP contribution in [-0.2, 0) is 29.8 Å². The fourth-order valence-corrected chi connectivity index (χ4v) is 4.87. The molecular formula is C34H32Cl2F3N4O15P. The molecule has 318 valence electrons. The molecule has 1 atom stereocenters. The Kier molecular flexibility index (Phi) is 18.5. The van der Waals surface area contributed by atoms with Crippen LogP contribution in [-0.4, -0.2) is 68.2 Å². The molecule has 0 radical (unpaired) electrons. The lowest BCUT2D eigenvalue weighted by Crippen LogP contribution is -2.26. The molecule has 4 aromatic rings. The molecule has 4 aromatic carbocycles. The van der Waals surface area contributed by atoms with Gasteiger partial charge in [-0.25, -0.2) is 9.59 Å². The fraction of sp³-hybridized carbons (Fsp3) is 0.206. The van der Waals surface area contributed by atoms with Crippen molar-refractivity contribution in [3.8, 4) is 23.0 Å². The maximum atomic E-state index is 12.8. The number of benzene rings is 4. The molecule has 1 unspecified atom stereocenters. The Hall–Kier alpha value is -6.03. The number of alkyl halides is 3. The molecule has 6 N–H and O–H groups in total. The smallest absolute Gasteiger partial charge is 0.416 e. The molecule has 0 spiro atoms. The third kappa shape index (κ3) is 16.4. The van der Waals surface area contributed by atoms with E-state index in [1.165, 1.54) is 19.1 Å². The van der Waals surface area contributed by atoms with Gasteiger partial charge in [0.2, 0.25) is 0 Å². The van der Waals surface area contributed by atoms with Crippen LogP contribution in [0, 0.1) is 20.2 Å². The number of aliphatic carboxylic acids is 1. The van der Waals surface area contributed by atoms with E-state index in [0.717, 1.165) is 30.3 Å². The lowest BCUT2D eigenvalue weighted by Gasteiger charge is -2.13. The van der Waals surface area contributed by atoms with Crippen LogP contribution in [0.1, 0.15) is 29.8 Å². The van der Waals surface area contributed by atoms with Gasteiger partial charge >= 0.3 is 31.7 Å². The molecule has 0 aromatic heterocycles. The molecule has 0 aliphatic rings. The highest BCUT2D eigenvalue weighted by atomic mass is 35.5. The van der Waals surface area contributed by atoms with Crippen molar-refractivity contribution in [2.24, 2.45) is 0 Å². The number of nitrogens with two attached hydrogens (primary N) is 1. The van der Waals surface area contributed by atoms with E-state index in [2.05, 4.69) is 5.32 Å². The third-order valence-corrected chi connectivity index (χ3v) is 7.98. The first-order chi connectivity index (χ1) is 27.4. The quantitative estimate of drug-likeness (QED) is 0.0268. The van der Waals surface area contributed by atoms with E-state index in [0.29, 0.717) is 11.8 Å². The first kappa shape index (κ1) is 49.1. The van der Waals surface area contributed by atoms with Gasteiger partial charge in [0, 0.05) is 18.2 Å². The van der Waals surface area contributed by atoms with Gasteiger partial charge < -0.3 is 39.6 Å². The zero-order chi connectivity index (χ0) is 44.7. The highest BCUT2D eigenvalue weighted by molar-refractivity contribution is 7.51. The van der Waals surface area contributed by atoms with Crippen molar-refractivity contribution < 1.29 is 75.8 Å². The highest BCUT2D eigenvalue weighted by Gasteiger charge is 2.31. The Bertz CT molecular complexity index is 2200. The molecule has 19 nitrogen and oxygen atoms in total. The van der Waals surface area contributed by atoms with E-state index in [1.807, 2.05) is 6.07 Å². The van der Waals surface area contributed by atoms with Crippen LogP contribution in [0.15, 0.2) is 78.9 Å². The monoisotopic (exact) mass is 894 g/mol. The summed E-state index contributed by atoms with van der Waals surface area (Å²) in [5.41, 5.74) is 3.08. The first-order valence-corrected chi connectivity index (χ1v) is 18.6. The first-order valence-electron chi connectivity index (χ1n) is 16.1. The van der Waals surface area contributed by atoms with Crippen LogP contribution in [0.3, 0.4) is 0 Å². The van der Waals surface area contributed by atoms with Gasteiger partial charge in [-0.15, -0.1) is 0 Å². The summed E-state index contributed by atoms with van der Waals surface area (Å²) in [4.78, 5) is 70.6. The highest BCUT2D eigenvalue weighted by Crippen LogP contribution is 2.39. The molecule has 0 saturated carbocycles. The number of carboxylic acids is 1. The van der Waals surface area contributed by atoms with Gasteiger partial charge in [-0.1, -0.05) is 41.4 Å². The second-order valence-electron chi connectivity index (χ2n) is 11.1. The summed E-state index contributed by atoms with van der Waals surface area (Å²) in [6.45, 7) is 2.37. The number of esters is 2. The number of para-hydroxylation sites is 1. The number of carbonyl (C=O) groups excluding carboxylic acids is 2. The second kappa shape index (κ2) is 22.2. The average molecular weight is 896 g/mol. The number of carboxylic acid groups (broad SMARTS) is 1. The summed E-state index contributed by atoms with van der Waals surface area (Å²) in [6, 6.07) is 17.0. The van der Waals surface area contributed by atoms with Gasteiger partial charge in [0.25, 0.3) is 11.4 Å². The van der Waals surface area contributed by atoms with Crippen LogP contribution in [0.25, 0.3) is 0 Å². The van der Waals surface area contributed by atoms with Crippen molar-refractivity contribution in [2.75, 3.05) is 25.2 Å². The van der Waals surface area contributed by atoms with Crippen LogP contribution in [0.2, 0.25) is 10.0 Å². The van der Waals surface area contributed by atoms with E-state index in [-0.39, 0.29) is 45.3 Å². The third-order valence-electron chi connectivity index (χ3n) is 6.66. The zero-order valence-corrected chi connectivity index (χ0v) is 32.7. The Morgan fingerprint density at radius 3 is 2.00 bits per heavy atom. The number of nitro groups is 2. The Morgan fingerprint density at radius 1 is 0.898 bits per heavy atom. The van der Waals surface area contributed by atoms with Gasteiger partial charge in [-0.2, -0.15) is 13.2 Å². The van der Waals surface area contributed by atoms with Gasteiger partial charge in [0.15, 0.2) is 6.10 Å². The van der Waals surface area contributed by atoms with Crippen LogP contribution >= 0.6 is 30.8 Å². The summed E-state index contributed by atoms with van der Waals surface area (Å²) in [7, 11) is -4.10. The van der Waals surface area contributed by atoms with E-state index in [4.69, 9.17) is 62.8 Å². The van der Waals surface area contributed by atoms with Gasteiger partial charge in [-0.05, 0) is 56.3 Å². The van der Waals surface area contributed by atoms with Crippen molar-refractivity contribution >= 4 is 65.8 Å². The SMILES string of the molecule is CCOC(=O)C(C)OC(=O)c1cc(Oc2ccc(C(F)(F)F)cc2Cl)ccc1[N+](=O)[O-].Nc1c([N+](=O)[O-])ccc(Oc2ccccc2)c1Cl.O=C(O)CNCP(=O)(O)O. The summed E-state index contributed by atoms with van der Waals surface area (Å²) < 4.78 is 68.8. The number of carbonyl (C=O) groups is 3. The number of anilines is 1. The largest absolute Gasteiger partial charge is 0.480 e. The molecule has 0 amide bonds. The number of halogens is 5. The number of nitrogen functional groups attached to an aromatic ring is 1. The van der Waals surface area contributed by atoms with Gasteiger partial charge in [0.1, 0.15) is 39.3 Å². The summed E-state index contributed by atoms with van der Waals surface area (Å²) in [5, 5.41) is 31.6. The van der Waals surface area contributed by atoms with Crippen LogP contribution in [0.4, 0.5) is 30.2 Å². The molecule has 0 fully saturated rings. The maximum Gasteiger partial charge on any atom is 0.416 e. The minimum atomic E-state index is -4.61. The summed E-state index contributed by atoms with van der Waals surface area (Å²) >= 11 is 11.8. The number of nitrogens with one attached hydrogen (secondary N) is 1. The summed E-state index contributed by atoms with van der Waals surface area (Å²) in [5.74, 6) is -2.64. The lowest BCUT2D eigenvalue weighted by atomic mass is 10.1. The van der Waals surface area contributed by atoms with Crippen LogP contribution < -0.4 is 20.5 Å². The fourth-order valence-electron chi connectivity index (χ4n) is 4.04. The number of nitro benzene ring substituents is 2. The molecule has 25 heteroatoms. The Balaban J connectivity index is 0.000000358. The molecule has 59 heavy (non-hydrogen) atoms. The van der Waals surface area contributed by atoms with Gasteiger partial charge in [-0.3, -0.25) is 34.9 Å². The van der Waals surface area contributed by atoms with Crippen molar-refractivity contribution in [3.63, 3.8) is 0 Å². The predicted molar refractivity (Wildman–Crippen MR) is 203 cm³/mol. The molecule has 0 heterocycles. The number of hydrogen-bond acceptors (Lipinski definition) is 14. The molecule has 0 bridgehead atoms. The van der Waals surface area contributed by atoms with Crippen LogP contribution in [0.5, 0.6) is 23.0 Å². The molecule has 4 rings (SSSR count). The predicted octanol–water partition coefficient (Wildman–Crippen LogP) is 7.59. The van der Waals surface area contributed by atoms with E-state index >= 15 is 0 Å². The van der Waals surface area contributed by atoms with Crippen molar-refractivity contribution in [1.29, 1.82) is 0 Å². The van der Waals surface area contributed by atoms with Gasteiger partial charge in [0.05, 0.1) is 39.9 Å². The molecule has 0 aliphatic heterocycles. The normalized spacial score (nSPS) is 11.3. The Morgan fingerprint density at radius 2 is 1.47 bits per heavy atom. The minimum absolute atomic E-state index is 0.0352. The number of ether oxygens (including phenoxy) is 4. The number of nitrogens with zero attached hydrogens (tertiary/aromatic N) is 2. The number of rotatable bonds is 14. The second-order valence-corrected chi connectivity index (χ2v) is 13.5.